The van der Waals surface area contributed by atoms with Gasteiger partial charge in [0.15, 0.2) is 5.82 Å². The molecule has 11 nitrogen and oxygen atoms in total. The Kier molecular flexibility index (Phi) is 8.33. The van der Waals surface area contributed by atoms with Gasteiger partial charge in [0.05, 0.1) is 29.3 Å². The fraction of sp³-hybridized carbons (Fsp3) is 0.414. The van der Waals surface area contributed by atoms with Crippen LogP contribution in [0.25, 0.3) is 21.9 Å². The number of para-hydroxylation sites is 2. The van der Waals surface area contributed by atoms with Crippen molar-refractivity contribution in [3.63, 3.8) is 0 Å². The number of carbonyl (C=O) groups is 1. The molecule has 0 bridgehead atoms. The summed E-state index contributed by atoms with van der Waals surface area (Å²) in [6, 6.07) is 15.5. The third-order valence-electron chi connectivity index (χ3n) is 6.86. The number of imidazole rings is 1. The average molecular weight is 582 g/mol. The maximum absolute atomic E-state index is 14.2. The van der Waals surface area contributed by atoms with Crippen LogP contribution in [-0.4, -0.2) is 45.9 Å². The van der Waals surface area contributed by atoms with Crippen molar-refractivity contribution >= 4 is 41.5 Å². The van der Waals surface area contributed by atoms with Crippen LogP contribution in [0.1, 0.15) is 46.4 Å². The molecule has 218 valence electrons. The number of aromatic nitrogens is 3. The first kappa shape index (κ1) is 29.0. The molecule has 5 rings (SSSR count). The van der Waals surface area contributed by atoms with Crippen LogP contribution in [0.4, 0.5) is 5.82 Å². The molecule has 0 radical (unpaired) electrons. The topological polar surface area (TPSA) is 140 Å². The minimum absolute atomic E-state index is 0.0250. The molecule has 0 spiro atoms. The van der Waals surface area contributed by atoms with E-state index in [0.29, 0.717) is 29.5 Å². The molecule has 3 N–H and O–H groups in total. The second-order valence-electron chi connectivity index (χ2n) is 10.4. The molecule has 2 aromatic carbocycles. The van der Waals surface area contributed by atoms with Crippen LogP contribution >= 0.6 is 7.75 Å². The number of ether oxygens (including phenoxy) is 2. The van der Waals surface area contributed by atoms with E-state index in [1.54, 1.807) is 45.0 Å². The molecule has 12 heteroatoms. The van der Waals surface area contributed by atoms with Crippen LogP contribution in [0.2, 0.25) is 0 Å². The molecule has 0 saturated heterocycles. The van der Waals surface area contributed by atoms with E-state index >= 15 is 0 Å². The molecule has 1 saturated carbocycles. The van der Waals surface area contributed by atoms with E-state index in [-0.39, 0.29) is 19.3 Å². The van der Waals surface area contributed by atoms with Gasteiger partial charge in [-0.1, -0.05) is 36.4 Å². The number of rotatable bonds is 13. The van der Waals surface area contributed by atoms with Crippen LogP contribution in [0.3, 0.4) is 0 Å². The zero-order valence-electron chi connectivity index (χ0n) is 23.7. The van der Waals surface area contributed by atoms with Crippen molar-refractivity contribution in [2.45, 2.75) is 64.8 Å². The summed E-state index contributed by atoms with van der Waals surface area (Å²) in [5.74, 6) is 0.779. The highest BCUT2D eigenvalue weighted by Crippen LogP contribution is 2.53. The second kappa shape index (κ2) is 11.8. The van der Waals surface area contributed by atoms with Gasteiger partial charge in [0, 0.05) is 12.0 Å². The number of carbonyl (C=O) groups excluding carboxylic acids is 1. The first-order valence-electron chi connectivity index (χ1n) is 13.8. The van der Waals surface area contributed by atoms with Crippen molar-refractivity contribution in [2.75, 3.05) is 18.9 Å². The summed E-state index contributed by atoms with van der Waals surface area (Å²) in [5.41, 5.74) is 7.93. The molecule has 2 unspecified atom stereocenters. The van der Waals surface area contributed by atoms with Crippen molar-refractivity contribution in [3.8, 4) is 5.75 Å². The van der Waals surface area contributed by atoms with Crippen molar-refractivity contribution in [1.29, 1.82) is 0 Å². The van der Waals surface area contributed by atoms with E-state index in [1.807, 2.05) is 37.3 Å². The number of benzene rings is 2. The molecular weight excluding hydrogens is 545 g/mol. The Bertz CT molecular complexity index is 1590. The van der Waals surface area contributed by atoms with Gasteiger partial charge in [-0.15, -0.1) is 0 Å². The quantitative estimate of drug-likeness (QED) is 0.157. The summed E-state index contributed by atoms with van der Waals surface area (Å²) in [6.45, 7) is 7.77. The Balaban J connectivity index is 1.51. The summed E-state index contributed by atoms with van der Waals surface area (Å²) in [7, 11) is -4.06. The molecule has 1 fully saturated rings. The van der Waals surface area contributed by atoms with Crippen molar-refractivity contribution in [2.24, 2.45) is 0 Å². The fourth-order valence-electron chi connectivity index (χ4n) is 4.77. The summed E-state index contributed by atoms with van der Waals surface area (Å²) in [4.78, 5) is 22.0. The van der Waals surface area contributed by atoms with E-state index in [0.717, 1.165) is 29.3 Å². The van der Waals surface area contributed by atoms with Crippen molar-refractivity contribution in [3.05, 3.63) is 60.4 Å². The van der Waals surface area contributed by atoms with Crippen LogP contribution in [0, 0.1) is 0 Å². The van der Waals surface area contributed by atoms with Gasteiger partial charge in [0.2, 0.25) is 0 Å². The molecule has 1 aliphatic rings. The van der Waals surface area contributed by atoms with E-state index < -0.39 is 25.3 Å². The Labute approximate surface area is 238 Å². The van der Waals surface area contributed by atoms with E-state index in [4.69, 9.17) is 29.2 Å². The Morgan fingerprint density at radius 3 is 2.49 bits per heavy atom. The summed E-state index contributed by atoms with van der Waals surface area (Å²) >= 11 is 0. The number of fused-ring (bicyclic) bond motifs is 3. The molecule has 4 aromatic rings. The van der Waals surface area contributed by atoms with Gasteiger partial charge in [0.25, 0.3) is 0 Å². The number of nitrogens with zero attached hydrogens (tertiary/aromatic N) is 3. The van der Waals surface area contributed by atoms with Gasteiger partial charge in [-0.25, -0.2) is 14.5 Å². The highest BCUT2D eigenvalue weighted by molar-refractivity contribution is 7.52. The Hall–Kier alpha value is -3.50. The summed E-state index contributed by atoms with van der Waals surface area (Å²) in [5, 5.41) is 3.67. The van der Waals surface area contributed by atoms with Crippen LogP contribution in [0.5, 0.6) is 5.75 Å². The standard InChI is InChI=1S/C29H36N5O6P/c1-5-37-17-24-32-25-26(22-13-9-10-14-23(22)31-27(25)30)34(24)29(15-16-29)18-38-41(36,40-21-11-7-6-8-12-21)33-20(4)28(35)39-19(2)3/h6-14,19-20H,5,15-18H2,1-4H3,(H2,30,31)(H,33,36). The van der Waals surface area contributed by atoms with E-state index in [9.17, 15) is 9.36 Å². The van der Waals surface area contributed by atoms with Gasteiger partial charge in [-0.3, -0.25) is 9.32 Å². The Morgan fingerprint density at radius 1 is 1.10 bits per heavy atom. The lowest BCUT2D eigenvalue weighted by atomic mass is 10.1. The number of esters is 1. The predicted octanol–water partition coefficient (Wildman–Crippen LogP) is 5.33. The van der Waals surface area contributed by atoms with Crippen molar-refractivity contribution < 1.29 is 27.9 Å². The minimum Gasteiger partial charge on any atom is -0.462 e. The molecule has 2 aromatic heterocycles. The number of nitrogens with two attached hydrogens (primary N) is 1. The number of nitrogen functional groups attached to an aromatic ring is 1. The molecule has 2 atom stereocenters. The maximum atomic E-state index is 14.2. The highest BCUT2D eigenvalue weighted by Gasteiger charge is 2.50. The zero-order chi connectivity index (χ0) is 29.2. The lowest BCUT2D eigenvalue weighted by Gasteiger charge is -2.27. The molecule has 1 aliphatic carbocycles. The fourth-order valence-corrected chi connectivity index (χ4v) is 6.33. The second-order valence-corrected chi connectivity index (χ2v) is 12.1. The largest absolute Gasteiger partial charge is 0.462 e. The van der Waals surface area contributed by atoms with Crippen LogP contribution in [0.15, 0.2) is 54.6 Å². The molecule has 2 heterocycles. The number of nitrogens with one attached hydrogen (secondary N) is 1. The van der Waals surface area contributed by atoms with Gasteiger partial charge >= 0.3 is 13.7 Å². The third kappa shape index (κ3) is 6.23. The smallest absolute Gasteiger partial charge is 0.459 e. The van der Waals surface area contributed by atoms with Gasteiger partial charge in [-0.05, 0) is 58.7 Å². The minimum atomic E-state index is -4.06. The maximum Gasteiger partial charge on any atom is 0.459 e. The van der Waals surface area contributed by atoms with Crippen LogP contribution in [-0.2, 0) is 35.5 Å². The van der Waals surface area contributed by atoms with Crippen molar-refractivity contribution in [1.82, 2.24) is 19.6 Å². The third-order valence-corrected chi connectivity index (χ3v) is 8.48. The normalized spacial score (nSPS) is 16.5. The number of hydrogen-bond acceptors (Lipinski definition) is 9. The monoisotopic (exact) mass is 581 g/mol. The molecule has 41 heavy (non-hydrogen) atoms. The predicted molar refractivity (Wildman–Crippen MR) is 156 cm³/mol. The molecular formula is C29H36N5O6P. The number of pyridine rings is 1. The van der Waals surface area contributed by atoms with Crippen LogP contribution < -0.4 is 15.3 Å². The SMILES string of the molecule is CCOCc1nc2c(N)nc3ccccc3c2n1C1(COP(=O)(NC(C)C(=O)OC(C)C)Oc2ccccc2)CC1. The van der Waals surface area contributed by atoms with E-state index in [2.05, 4.69) is 14.6 Å². The van der Waals surface area contributed by atoms with E-state index in [1.165, 1.54) is 0 Å². The van der Waals surface area contributed by atoms with Gasteiger partial charge < -0.3 is 24.3 Å². The lowest BCUT2D eigenvalue weighted by Crippen LogP contribution is -2.37. The van der Waals surface area contributed by atoms with Gasteiger partial charge in [0.1, 0.15) is 29.7 Å². The summed E-state index contributed by atoms with van der Waals surface area (Å²) in [6.07, 6.45) is 1.15. The zero-order valence-corrected chi connectivity index (χ0v) is 24.6. The molecule has 0 amide bonds. The Morgan fingerprint density at radius 2 is 1.80 bits per heavy atom. The van der Waals surface area contributed by atoms with Gasteiger partial charge in [-0.2, -0.15) is 5.09 Å². The lowest BCUT2D eigenvalue weighted by molar-refractivity contribution is -0.149. The average Bonchev–Trinajstić information content (AvgIpc) is 3.62. The number of hydrogen-bond donors (Lipinski definition) is 2. The first-order valence-corrected chi connectivity index (χ1v) is 15.3. The first-order chi connectivity index (χ1) is 19.6. The molecule has 0 aliphatic heterocycles. The number of anilines is 1. The highest BCUT2D eigenvalue weighted by atomic mass is 31.2. The summed E-state index contributed by atoms with van der Waals surface area (Å²) < 4.78 is 39.4.